The summed E-state index contributed by atoms with van der Waals surface area (Å²) in [6.07, 6.45) is 5.87. The summed E-state index contributed by atoms with van der Waals surface area (Å²) in [5.74, 6) is 2.08. The van der Waals surface area contributed by atoms with E-state index in [1.54, 1.807) is 0 Å². The summed E-state index contributed by atoms with van der Waals surface area (Å²) in [5, 5.41) is 0. The molecule has 2 aliphatic rings. The van der Waals surface area contributed by atoms with E-state index in [0.29, 0.717) is 0 Å². The molecular formula is C10H19N. The van der Waals surface area contributed by atoms with Gasteiger partial charge >= 0.3 is 0 Å². The maximum atomic E-state index is 2.59. The SMILES string of the molecule is CCC1CCC2CCN(C)C12. The lowest BCUT2D eigenvalue weighted by Crippen LogP contribution is -2.31. The molecule has 0 spiro atoms. The Morgan fingerprint density at radius 3 is 2.82 bits per heavy atom. The molecule has 2 fully saturated rings. The molecule has 0 aromatic heterocycles. The molecule has 1 aliphatic heterocycles. The Labute approximate surface area is 69.8 Å². The van der Waals surface area contributed by atoms with Crippen molar-refractivity contribution in [3.8, 4) is 0 Å². The van der Waals surface area contributed by atoms with Gasteiger partial charge in [0.1, 0.15) is 0 Å². The highest BCUT2D eigenvalue weighted by Gasteiger charge is 2.41. The van der Waals surface area contributed by atoms with Crippen LogP contribution in [0.3, 0.4) is 0 Å². The molecule has 3 unspecified atom stereocenters. The molecule has 1 saturated heterocycles. The Morgan fingerprint density at radius 2 is 2.09 bits per heavy atom. The van der Waals surface area contributed by atoms with E-state index in [9.17, 15) is 0 Å². The van der Waals surface area contributed by atoms with Gasteiger partial charge in [-0.2, -0.15) is 0 Å². The lowest BCUT2D eigenvalue weighted by Gasteiger charge is -2.24. The van der Waals surface area contributed by atoms with Gasteiger partial charge in [0, 0.05) is 6.04 Å². The molecule has 1 nitrogen and oxygen atoms in total. The van der Waals surface area contributed by atoms with Crippen molar-refractivity contribution in [3.05, 3.63) is 0 Å². The van der Waals surface area contributed by atoms with Crippen LogP contribution in [-0.2, 0) is 0 Å². The zero-order valence-electron chi connectivity index (χ0n) is 7.71. The van der Waals surface area contributed by atoms with Crippen LogP contribution < -0.4 is 0 Å². The van der Waals surface area contributed by atoms with Crippen molar-refractivity contribution in [2.24, 2.45) is 11.8 Å². The fourth-order valence-electron chi connectivity index (χ4n) is 3.15. The number of likely N-dealkylation sites (tertiary alicyclic amines) is 1. The van der Waals surface area contributed by atoms with Crippen LogP contribution in [0, 0.1) is 11.8 Å². The summed E-state index contributed by atoms with van der Waals surface area (Å²) in [6, 6.07) is 0.958. The molecular weight excluding hydrogens is 134 g/mol. The van der Waals surface area contributed by atoms with Gasteiger partial charge in [0.2, 0.25) is 0 Å². The number of hydrogen-bond acceptors (Lipinski definition) is 1. The van der Waals surface area contributed by atoms with Gasteiger partial charge in [-0.15, -0.1) is 0 Å². The average Bonchev–Trinajstić information content (AvgIpc) is 2.54. The third-order valence-electron chi connectivity index (χ3n) is 3.76. The Morgan fingerprint density at radius 1 is 1.27 bits per heavy atom. The number of hydrogen-bond donors (Lipinski definition) is 0. The van der Waals surface area contributed by atoms with Crippen LogP contribution in [0.2, 0.25) is 0 Å². The van der Waals surface area contributed by atoms with E-state index < -0.39 is 0 Å². The smallest absolute Gasteiger partial charge is 0.0149 e. The Bertz CT molecular complexity index is 144. The quantitative estimate of drug-likeness (QED) is 0.558. The van der Waals surface area contributed by atoms with E-state index in [1.807, 2.05) is 0 Å². The van der Waals surface area contributed by atoms with Crippen LogP contribution in [0.25, 0.3) is 0 Å². The molecule has 0 aromatic carbocycles. The summed E-state index contributed by atoms with van der Waals surface area (Å²) in [4.78, 5) is 2.59. The molecule has 0 bridgehead atoms. The van der Waals surface area contributed by atoms with Gasteiger partial charge in [-0.25, -0.2) is 0 Å². The molecule has 1 heteroatoms. The minimum atomic E-state index is 0.958. The highest BCUT2D eigenvalue weighted by Crippen LogP contribution is 2.42. The molecule has 3 atom stereocenters. The molecule has 1 aliphatic carbocycles. The fourth-order valence-corrected chi connectivity index (χ4v) is 3.15. The van der Waals surface area contributed by atoms with Crippen LogP contribution in [-0.4, -0.2) is 24.5 Å². The van der Waals surface area contributed by atoms with Crippen molar-refractivity contribution in [2.75, 3.05) is 13.6 Å². The molecule has 1 heterocycles. The first kappa shape index (κ1) is 7.60. The van der Waals surface area contributed by atoms with Crippen LogP contribution >= 0.6 is 0 Å². The van der Waals surface area contributed by atoms with Crippen LogP contribution in [0.5, 0.6) is 0 Å². The Kier molecular flexibility index (Phi) is 1.92. The molecule has 11 heavy (non-hydrogen) atoms. The van der Waals surface area contributed by atoms with Gasteiger partial charge in [0.05, 0.1) is 0 Å². The van der Waals surface area contributed by atoms with Gasteiger partial charge < -0.3 is 4.90 Å². The third kappa shape index (κ3) is 1.10. The topological polar surface area (TPSA) is 3.24 Å². The molecule has 0 radical (unpaired) electrons. The second-order valence-electron chi connectivity index (χ2n) is 4.27. The summed E-state index contributed by atoms with van der Waals surface area (Å²) in [7, 11) is 2.30. The van der Waals surface area contributed by atoms with E-state index in [2.05, 4.69) is 18.9 Å². The van der Waals surface area contributed by atoms with Crippen molar-refractivity contribution in [1.29, 1.82) is 0 Å². The number of nitrogens with zero attached hydrogens (tertiary/aromatic N) is 1. The minimum absolute atomic E-state index is 0.958. The lowest BCUT2D eigenvalue weighted by atomic mass is 9.97. The maximum Gasteiger partial charge on any atom is 0.0149 e. The van der Waals surface area contributed by atoms with Crippen LogP contribution in [0.1, 0.15) is 32.6 Å². The predicted octanol–water partition coefficient (Wildman–Crippen LogP) is 2.13. The number of fused-ring (bicyclic) bond motifs is 1. The van der Waals surface area contributed by atoms with E-state index in [-0.39, 0.29) is 0 Å². The van der Waals surface area contributed by atoms with Gasteiger partial charge in [0.25, 0.3) is 0 Å². The zero-order valence-corrected chi connectivity index (χ0v) is 7.71. The summed E-state index contributed by atoms with van der Waals surface area (Å²) in [5.41, 5.74) is 0. The summed E-state index contributed by atoms with van der Waals surface area (Å²) < 4.78 is 0. The normalized spacial score (nSPS) is 44.7. The zero-order chi connectivity index (χ0) is 7.84. The molecule has 2 rings (SSSR count). The molecule has 0 N–H and O–H groups in total. The monoisotopic (exact) mass is 153 g/mol. The van der Waals surface area contributed by atoms with E-state index >= 15 is 0 Å². The first-order valence-corrected chi connectivity index (χ1v) is 5.03. The van der Waals surface area contributed by atoms with Gasteiger partial charge in [0.15, 0.2) is 0 Å². The molecule has 64 valence electrons. The predicted molar refractivity (Wildman–Crippen MR) is 47.5 cm³/mol. The molecule has 1 saturated carbocycles. The number of rotatable bonds is 1. The Balaban J connectivity index is 2.07. The van der Waals surface area contributed by atoms with E-state index in [0.717, 1.165) is 17.9 Å². The second kappa shape index (κ2) is 2.78. The maximum absolute atomic E-state index is 2.59. The van der Waals surface area contributed by atoms with Crippen molar-refractivity contribution in [2.45, 2.75) is 38.6 Å². The standard InChI is InChI=1S/C10H19N/c1-3-8-4-5-9-6-7-11(2)10(8)9/h8-10H,3-7H2,1-2H3. The van der Waals surface area contributed by atoms with Crippen LogP contribution in [0.4, 0.5) is 0 Å². The van der Waals surface area contributed by atoms with Crippen molar-refractivity contribution < 1.29 is 0 Å². The van der Waals surface area contributed by atoms with Gasteiger partial charge in [-0.3, -0.25) is 0 Å². The van der Waals surface area contributed by atoms with Gasteiger partial charge in [-0.05, 0) is 44.7 Å². The average molecular weight is 153 g/mol. The van der Waals surface area contributed by atoms with Crippen molar-refractivity contribution in [3.63, 3.8) is 0 Å². The van der Waals surface area contributed by atoms with Crippen LogP contribution in [0.15, 0.2) is 0 Å². The first-order valence-electron chi connectivity index (χ1n) is 5.03. The highest BCUT2D eigenvalue weighted by atomic mass is 15.2. The van der Waals surface area contributed by atoms with Gasteiger partial charge in [-0.1, -0.05) is 13.3 Å². The fraction of sp³-hybridized carbons (Fsp3) is 1.00. The molecule has 0 amide bonds. The summed E-state index contributed by atoms with van der Waals surface area (Å²) >= 11 is 0. The largest absolute Gasteiger partial charge is 0.303 e. The third-order valence-corrected chi connectivity index (χ3v) is 3.76. The Hall–Kier alpha value is -0.0400. The van der Waals surface area contributed by atoms with E-state index in [1.165, 1.54) is 32.2 Å². The van der Waals surface area contributed by atoms with Crippen molar-refractivity contribution in [1.82, 2.24) is 4.90 Å². The summed E-state index contributed by atoms with van der Waals surface area (Å²) in [6.45, 7) is 3.70. The highest BCUT2D eigenvalue weighted by molar-refractivity contribution is 4.94. The first-order chi connectivity index (χ1) is 5.33. The van der Waals surface area contributed by atoms with E-state index in [4.69, 9.17) is 0 Å². The second-order valence-corrected chi connectivity index (χ2v) is 4.27. The van der Waals surface area contributed by atoms with Crippen molar-refractivity contribution >= 4 is 0 Å². The molecule has 0 aromatic rings. The lowest BCUT2D eigenvalue weighted by molar-refractivity contribution is 0.230. The minimum Gasteiger partial charge on any atom is -0.303 e.